The third-order valence-corrected chi connectivity index (χ3v) is 5.16. The Morgan fingerprint density at radius 3 is 2.46 bits per heavy atom. The maximum Gasteiger partial charge on any atom is 0.460 e. The van der Waals surface area contributed by atoms with Gasteiger partial charge >= 0.3 is 6.30 Å². The van der Waals surface area contributed by atoms with Gasteiger partial charge in [0.05, 0.1) is 12.0 Å². The monoisotopic (exact) mass is 356 g/mol. The highest BCUT2D eigenvalue weighted by atomic mass is 32.1. The maximum atomic E-state index is 12.7. The molecule has 1 fully saturated rings. The number of benzene rings is 1. The van der Waals surface area contributed by atoms with Gasteiger partial charge in [-0.3, -0.25) is 4.90 Å². The molecule has 0 amide bonds. The van der Waals surface area contributed by atoms with Crippen molar-refractivity contribution in [3.8, 4) is 16.2 Å². The fourth-order valence-electron chi connectivity index (χ4n) is 2.93. The zero-order valence-electron chi connectivity index (χ0n) is 13.3. The van der Waals surface area contributed by atoms with Crippen LogP contribution in [-0.2, 0) is 6.54 Å². The first-order valence-corrected chi connectivity index (χ1v) is 8.61. The normalized spacial score (nSPS) is 17.2. The van der Waals surface area contributed by atoms with E-state index in [-0.39, 0.29) is 13.1 Å². The van der Waals surface area contributed by atoms with Crippen molar-refractivity contribution in [3.05, 3.63) is 41.3 Å². The van der Waals surface area contributed by atoms with E-state index in [1.54, 1.807) is 18.4 Å². The van der Waals surface area contributed by atoms with Gasteiger partial charge in [0.1, 0.15) is 5.75 Å². The Bertz CT molecular complexity index is 678. The van der Waals surface area contributed by atoms with Gasteiger partial charge in [0.25, 0.3) is 0 Å². The van der Waals surface area contributed by atoms with Gasteiger partial charge in [-0.15, -0.1) is 11.3 Å². The lowest BCUT2D eigenvalue weighted by Crippen LogP contribution is -2.51. The van der Waals surface area contributed by atoms with E-state index in [1.807, 2.05) is 35.7 Å². The largest absolute Gasteiger partial charge is 0.495 e. The third-order valence-electron chi connectivity index (χ3n) is 4.24. The van der Waals surface area contributed by atoms with Crippen molar-refractivity contribution < 1.29 is 17.9 Å². The summed E-state index contributed by atoms with van der Waals surface area (Å²) < 4.78 is 43.6. The zero-order valence-corrected chi connectivity index (χ0v) is 14.2. The fraction of sp³-hybridized carbons (Fsp3) is 0.412. The molecule has 2 aromatic rings. The second-order valence-electron chi connectivity index (χ2n) is 5.71. The van der Waals surface area contributed by atoms with Crippen LogP contribution in [0.25, 0.3) is 10.4 Å². The van der Waals surface area contributed by atoms with Crippen LogP contribution in [0.15, 0.2) is 35.7 Å². The van der Waals surface area contributed by atoms with E-state index in [4.69, 9.17) is 4.74 Å². The van der Waals surface area contributed by atoms with Crippen LogP contribution in [0.5, 0.6) is 5.75 Å². The zero-order chi connectivity index (χ0) is 17.2. The van der Waals surface area contributed by atoms with Crippen molar-refractivity contribution in [2.45, 2.75) is 12.8 Å². The molecule has 2 heterocycles. The molecule has 3 rings (SSSR count). The van der Waals surface area contributed by atoms with Crippen LogP contribution >= 0.6 is 11.3 Å². The molecule has 0 atom stereocenters. The summed E-state index contributed by atoms with van der Waals surface area (Å²) in [5.41, 5.74) is 2.20. The Morgan fingerprint density at radius 2 is 1.79 bits per heavy atom. The molecule has 0 saturated carbocycles. The first-order valence-electron chi connectivity index (χ1n) is 7.73. The smallest absolute Gasteiger partial charge is 0.460 e. The Labute approximate surface area is 143 Å². The Hall–Kier alpha value is -1.57. The first-order chi connectivity index (χ1) is 11.5. The second-order valence-corrected chi connectivity index (χ2v) is 6.62. The van der Waals surface area contributed by atoms with E-state index in [0.29, 0.717) is 24.5 Å². The highest BCUT2D eigenvalue weighted by molar-refractivity contribution is 7.14. The summed E-state index contributed by atoms with van der Waals surface area (Å²) in [4.78, 5) is 3.71. The Balaban J connectivity index is 1.73. The van der Waals surface area contributed by atoms with E-state index in [1.165, 1.54) is 0 Å². The molecule has 3 nitrogen and oxygen atoms in total. The van der Waals surface area contributed by atoms with E-state index in [9.17, 15) is 13.2 Å². The topological polar surface area (TPSA) is 15.7 Å². The van der Waals surface area contributed by atoms with Gasteiger partial charge in [-0.05, 0) is 22.6 Å². The minimum atomic E-state index is -4.23. The van der Waals surface area contributed by atoms with Gasteiger partial charge in [0.15, 0.2) is 0 Å². The molecular weight excluding hydrogens is 337 g/mol. The lowest BCUT2D eigenvalue weighted by atomic mass is 10.0. The summed E-state index contributed by atoms with van der Waals surface area (Å²) in [5.74, 6) is 0.828. The average Bonchev–Trinajstić information content (AvgIpc) is 3.03. The van der Waals surface area contributed by atoms with Gasteiger partial charge < -0.3 is 4.74 Å². The Kier molecular flexibility index (Phi) is 5.12. The third kappa shape index (κ3) is 3.74. The first kappa shape index (κ1) is 17.3. The number of hydrogen-bond acceptors (Lipinski definition) is 4. The quantitative estimate of drug-likeness (QED) is 0.769. The summed E-state index contributed by atoms with van der Waals surface area (Å²) in [6.45, 7) is 1.51. The highest BCUT2D eigenvalue weighted by Gasteiger charge is 2.38. The lowest BCUT2D eigenvalue weighted by Gasteiger charge is -2.35. The van der Waals surface area contributed by atoms with Gasteiger partial charge in [0.2, 0.25) is 0 Å². The van der Waals surface area contributed by atoms with Crippen LogP contribution in [0, 0.1) is 0 Å². The van der Waals surface area contributed by atoms with E-state index in [2.05, 4.69) is 4.90 Å². The number of halogens is 3. The molecule has 0 bridgehead atoms. The summed E-state index contributed by atoms with van der Waals surface area (Å²) in [5, 5.41) is 1.98. The SMILES string of the molecule is COc1ccsc1-c1ccccc1CN1CCN(C(F)(F)F)CC1. The lowest BCUT2D eigenvalue weighted by molar-refractivity contribution is -0.252. The molecule has 1 aromatic heterocycles. The van der Waals surface area contributed by atoms with Crippen LogP contribution in [0.4, 0.5) is 13.2 Å². The summed E-state index contributed by atoms with van der Waals surface area (Å²) in [6, 6.07) is 9.93. The number of nitrogens with zero attached hydrogens (tertiary/aromatic N) is 2. The fourth-order valence-corrected chi connectivity index (χ4v) is 3.86. The number of alkyl halides is 3. The number of rotatable bonds is 4. The molecule has 0 spiro atoms. The molecular formula is C17H19F3N2OS. The van der Waals surface area contributed by atoms with Crippen molar-refractivity contribution in [3.63, 3.8) is 0 Å². The molecule has 0 unspecified atom stereocenters. The van der Waals surface area contributed by atoms with Crippen LogP contribution in [0.3, 0.4) is 0 Å². The second kappa shape index (κ2) is 7.13. The van der Waals surface area contributed by atoms with Crippen molar-refractivity contribution in [2.75, 3.05) is 33.3 Å². The minimum Gasteiger partial charge on any atom is -0.495 e. The minimum absolute atomic E-state index is 0.0218. The van der Waals surface area contributed by atoms with Crippen molar-refractivity contribution in [2.24, 2.45) is 0 Å². The van der Waals surface area contributed by atoms with Crippen LogP contribution < -0.4 is 4.74 Å². The van der Waals surface area contributed by atoms with Gasteiger partial charge in [-0.1, -0.05) is 24.3 Å². The predicted octanol–water partition coefficient (Wildman–Crippen LogP) is 4.06. The molecule has 24 heavy (non-hydrogen) atoms. The Morgan fingerprint density at radius 1 is 1.08 bits per heavy atom. The summed E-state index contributed by atoms with van der Waals surface area (Å²) >= 11 is 1.61. The predicted molar refractivity (Wildman–Crippen MR) is 89.2 cm³/mol. The van der Waals surface area contributed by atoms with Crippen LogP contribution in [0.2, 0.25) is 0 Å². The van der Waals surface area contributed by atoms with Gasteiger partial charge in [-0.25, -0.2) is 4.90 Å². The maximum absolute atomic E-state index is 12.7. The van der Waals surface area contributed by atoms with E-state index >= 15 is 0 Å². The van der Waals surface area contributed by atoms with Crippen molar-refractivity contribution >= 4 is 11.3 Å². The van der Waals surface area contributed by atoms with Crippen LogP contribution in [0.1, 0.15) is 5.56 Å². The van der Waals surface area contributed by atoms with E-state index in [0.717, 1.165) is 21.8 Å². The number of piperazine rings is 1. The van der Waals surface area contributed by atoms with Gasteiger partial charge in [0, 0.05) is 32.7 Å². The number of ether oxygens (including phenoxy) is 1. The van der Waals surface area contributed by atoms with Crippen molar-refractivity contribution in [1.29, 1.82) is 0 Å². The summed E-state index contributed by atoms with van der Waals surface area (Å²) in [7, 11) is 1.64. The number of hydrogen-bond donors (Lipinski definition) is 0. The molecule has 1 aliphatic heterocycles. The average molecular weight is 356 g/mol. The summed E-state index contributed by atoms with van der Waals surface area (Å²) in [6.07, 6.45) is -4.23. The molecule has 0 aliphatic carbocycles. The molecule has 1 aliphatic rings. The number of methoxy groups -OCH3 is 1. The van der Waals surface area contributed by atoms with E-state index < -0.39 is 6.30 Å². The van der Waals surface area contributed by atoms with Gasteiger partial charge in [-0.2, -0.15) is 13.2 Å². The molecule has 130 valence electrons. The molecule has 0 radical (unpaired) electrons. The molecule has 7 heteroatoms. The standard InChI is InChI=1S/C17H19F3N2OS/c1-23-15-6-11-24-16(15)14-5-3-2-4-13(14)12-21-7-9-22(10-8-21)17(18,19)20/h2-6,11H,7-10,12H2,1H3. The number of thiophene rings is 1. The molecule has 1 aromatic carbocycles. The van der Waals surface area contributed by atoms with Crippen molar-refractivity contribution in [1.82, 2.24) is 9.80 Å². The van der Waals surface area contributed by atoms with Crippen LogP contribution in [-0.4, -0.2) is 49.4 Å². The molecule has 1 saturated heterocycles. The molecule has 0 N–H and O–H groups in total. The highest BCUT2D eigenvalue weighted by Crippen LogP contribution is 2.37.